The van der Waals surface area contributed by atoms with Gasteiger partial charge in [0.15, 0.2) is 0 Å². The van der Waals surface area contributed by atoms with E-state index >= 15 is 0 Å². The number of nitrogens with one attached hydrogen (secondary N) is 1. The van der Waals surface area contributed by atoms with Crippen LogP contribution >= 0.6 is 0 Å². The molecule has 0 spiro atoms. The van der Waals surface area contributed by atoms with Crippen molar-refractivity contribution in [3.05, 3.63) is 64.7 Å². The highest BCUT2D eigenvalue weighted by atomic mass is 16.5. The fraction of sp³-hybridized carbons (Fsp3) is 0.235. The van der Waals surface area contributed by atoms with Crippen molar-refractivity contribution >= 4 is 5.97 Å². The van der Waals surface area contributed by atoms with Crippen LogP contribution in [0.3, 0.4) is 0 Å². The maximum absolute atomic E-state index is 11.0. The number of benzene rings is 2. The average Bonchev–Trinajstić information content (AvgIpc) is 2.70. The quantitative estimate of drug-likeness (QED) is 0.889. The van der Waals surface area contributed by atoms with Gasteiger partial charge in [-0.15, -0.1) is 0 Å². The van der Waals surface area contributed by atoms with E-state index in [-0.39, 0.29) is 11.6 Å². The molecule has 0 saturated heterocycles. The molecule has 4 nitrogen and oxygen atoms in total. The summed E-state index contributed by atoms with van der Waals surface area (Å²) >= 11 is 0. The number of hydrogen-bond acceptors (Lipinski definition) is 3. The molecule has 0 aliphatic carbocycles. The Balaban J connectivity index is 1.81. The smallest absolute Gasteiger partial charge is 0.335 e. The molecular formula is C17H17NO3. The first-order valence-corrected chi connectivity index (χ1v) is 6.92. The zero-order valence-corrected chi connectivity index (χ0v) is 11.8. The Morgan fingerprint density at radius 2 is 2.00 bits per heavy atom. The molecule has 0 radical (unpaired) electrons. The number of fused-ring (bicyclic) bond motifs is 1. The van der Waals surface area contributed by atoms with E-state index < -0.39 is 5.97 Å². The Labute approximate surface area is 123 Å². The third-order valence-electron chi connectivity index (χ3n) is 3.74. The highest BCUT2D eigenvalue weighted by Gasteiger charge is 2.19. The van der Waals surface area contributed by atoms with Gasteiger partial charge in [0.05, 0.1) is 11.6 Å². The van der Waals surface area contributed by atoms with Crippen molar-refractivity contribution in [2.75, 3.05) is 6.61 Å². The van der Waals surface area contributed by atoms with Gasteiger partial charge in [-0.2, -0.15) is 0 Å². The molecule has 1 unspecified atom stereocenters. The van der Waals surface area contributed by atoms with Crippen LogP contribution < -0.4 is 10.1 Å². The lowest BCUT2D eigenvalue weighted by atomic mass is 10.1. The molecule has 2 aromatic rings. The van der Waals surface area contributed by atoms with Crippen LogP contribution in [-0.2, 0) is 6.54 Å². The summed E-state index contributed by atoms with van der Waals surface area (Å²) in [5, 5.41) is 12.5. The molecule has 1 heterocycles. The number of carboxylic acid groups (broad SMARTS) is 1. The summed E-state index contributed by atoms with van der Waals surface area (Å²) in [5.41, 5.74) is 3.63. The van der Waals surface area contributed by atoms with Crippen molar-refractivity contribution in [2.45, 2.75) is 19.5 Å². The van der Waals surface area contributed by atoms with E-state index in [1.165, 1.54) is 11.1 Å². The highest BCUT2D eigenvalue weighted by Crippen LogP contribution is 2.26. The van der Waals surface area contributed by atoms with E-state index in [9.17, 15) is 4.79 Å². The molecule has 0 amide bonds. The molecule has 0 bridgehead atoms. The van der Waals surface area contributed by atoms with Gasteiger partial charge in [0.2, 0.25) is 0 Å². The van der Waals surface area contributed by atoms with Crippen molar-refractivity contribution < 1.29 is 14.6 Å². The summed E-state index contributed by atoms with van der Waals surface area (Å²) < 4.78 is 5.81. The van der Waals surface area contributed by atoms with E-state index in [4.69, 9.17) is 9.84 Å². The standard InChI is InChI=1S/C17H17NO3/c1-11-2-4-12(5-3-11)15-10-21-16-8-13(17(19)20)6-7-14(16)9-18-15/h2-8,15,18H,9-10H2,1H3,(H,19,20). The van der Waals surface area contributed by atoms with E-state index in [1.807, 2.05) is 6.07 Å². The zero-order chi connectivity index (χ0) is 14.8. The lowest BCUT2D eigenvalue weighted by Crippen LogP contribution is -2.23. The van der Waals surface area contributed by atoms with Crippen molar-refractivity contribution in [1.29, 1.82) is 0 Å². The Morgan fingerprint density at radius 1 is 1.24 bits per heavy atom. The first-order chi connectivity index (χ1) is 10.1. The molecule has 0 fully saturated rings. The Bertz CT molecular complexity index is 664. The Kier molecular flexibility index (Phi) is 3.62. The van der Waals surface area contributed by atoms with Gasteiger partial charge in [0.1, 0.15) is 12.4 Å². The van der Waals surface area contributed by atoms with Gasteiger partial charge >= 0.3 is 5.97 Å². The maximum atomic E-state index is 11.0. The van der Waals surface area contributed by atoms with Crippen LogP contribution in [0.5, 0.6) is 5.75 Å². The van der Waals surface area contributed by atoms with Crippen molar-refractivity contribution in [2.24, 2.45) is 0 Å². The lowest BCUT2D eigenvalue weighted by molar-refractivity contribution is 0.0696. The minimum Gasteiger partial charge on any atom is -0.491 e. The topological polar surface area (TPSA) is 58.6 Å². The first kappa shape index (κ1) is 13.6. The number of carbonyl (C=O) groups is 1. The van der Waals surface area contributed by atoms with Gasteiger partial charge in [-0.05, 0) is 24.6 Å². The fourth-order valence-corrected chi connectivity index (χ4v) is 2.45. The molecule has 2 aromatic carbocycles. The molecule has 4 heteroatoms. The number of carboxylic acids is 1. The Hall–Kier alpha value is -2.33. The van der Waals surface area contributed by atoms with Gasteiger partial charge in [0, 0.05) is 12.1 Å². The predicted octanol–water partition coefficient (Wildman–Crippen LogP) is 2.92. The number of ether oxygens (including phenoxy) is 1. The van der Waals surface area contributed by atoms with Gasteiger partial charge in [-0.3, -0.25) is 0 Å². The van der Waals surface area contributed by atoms with Gasteiger partial charge < -0.3 is 15.2 Å². The normalized spacial score (nSPS) is 17.5. The van der Waals surface area contributed by atoms with Crippen molar-refractivity contribution in [1.82, 2.24) is 5.32 Å². The summed E-state index contributed by atoms with van der Waals surface area (Å²) in [6.45, 7) is 3.21. The molecule has 1 aliphatic heterocycles. The SMILES string of the molecule is Cc1ccc(C2COc3cc(C(=O)O)ccc3CN2)cc1. The molecule has 0 aromatic heterocycles. The van der Waals surface area contributed by atoms with E-state index in [2.05, 4.69) is 36.5 Å². The predicted molar refractivity (Wildman–Crippen MR) is 79.7 cm³/mol. The summed E-state index contributed by atoms with van der Waals surface area (Å²) in [6, 6.07) is 13.5. The third kappa shape index (κ3) is 2.90. The lowest BCUT2D eigenvalue weighted by Gasteiger charge is -2.16. The van der Waals surface area contributed by atoms with Crippen LogP contribution in [0.15, 0.2) is 42.5 Å². The monoisotopic (exact) mass is 283 g/mol. The maximum Gasteiger partial charge on any atom is 0.335 e. The number of hydrogen-bond donors (Lipinski definition) is 2. The van der Waals surface area contributed by atoms with Crippen molar-refractivity contribution in [3.8, 4) is 5.75 Å². The minimum absolute atomic E-state index is 0.103. The van der Waals surface area contributed by atoms with Gasteiger partial charge in [0.25, 0.3) is 0 Å². The number of rotatable bonds is 2. The molecule has 3 rings (SSSR count). The molecule has 1 aliphatic rings. The second-order valence-corrected chi connectivity index (χ2v) is 5.28. The third-order valence-corrected chi connectivity index (χ3v) is 3.74. The molecular weight excluding hydrogens is 266 g/mol. The molecule has 108 valence electrons. The van der Waals surface area contributed by atoms with Gasteiger partial charge in [-0.25, -0.2) is 4.79 Å². The molecule has 21 heavy (non-hydrogen) atoms. The molecule has 1 atom stereocenters. The number of aromatic carboxylic acids is 1. The van der Waals surface area contributed by atoms with Crippen LogP contribution in [0.4, 0.5) is 0 Å². The highest BCUT2D eigenvalue weighted by molar-refractivity contribution is 5.88. The van der Waals surface area contributed by atoms with Crippen LogP contribution in [0, 0.1) is 6.92 Å². The van der Waals surface area contributed by atoms with E-state index in [1.54, 1.807) is 12.1 Å². The summed E-state index contributed by atoms with van der Waals surface area (Å²) in [7, 11) is 0. The Morgan fingerprint density at radius 3 is 2.71 bits per heavy atom. The van der Waals surface area contributed by atoms with Crippen LogP contribution in [-0.4, -0.2) is 17.7 Å². The zero-order valence-electron chi connectivity index (χ0n) is 11.8. The van der Waals surface area contributed by atoms with Gasteiger partial charge in [-0.1, -0.05) is 35.9 Å². The van der Waals surface area contributed by atoms with E-state index in [0.29, 0.717) is 18.9 Å². The summed E-state index contributed by atoms with van der Waals surface area (Å²) in [6.07, 6.45) is 0. The molecule has 2 N–H and O–H groups in total. The summed E-state index contributed by atoms with van der Waals surface area (Å²) in [4.78, 5) is 11.0. The average molecular weight is 283 g/mol. The summed E-state index contributed by atoms with van der Waals surface area (Å²) in [5.74, 6) is -0.286. The fourth-order valence-electron chi connectivity index (χ4n) is 2.45. The second kappa shape index (κ2) is 5.58. The molecule has 0 saturated carbocycles. The number of aryl methyl sites for hydroxylation is 1. The minimum atomic E-state index is -0.936. The second-order valence-electron chi connectivity index (χ2n) is 5.28. The van der Waals surface area contributed by atoms with Crippen LogP contribution in [0.2, 0.25) is 0 Å². The largest absolute Gasteiger partial charge is 0.491 e. The van der Waals surface area contributed by atoms with Crippen LogP contribution in [0.1, 0.15) is 33.1 Å². The van der Waals surface area contributed by atoms with Crippen LogP contribution in [0.25, 0.3) is 0 Å². The first-order valence-electron chi connectivity index (χ1n) is 6.92. The van der Waals surface area contributed by atoms with Crippen molar-refractivity contribution in [3.63, 3.8) is 0 Å². The van der Waals surface area contributed by atoms with E-state index in [0.717, 1.165) is 5.56 Å².